The Morgan fingerprint density at radius 2 is 1.52 bits per heavy atom. The van der Waals surface area contributed by atoms with Crippen molar-refractivity contribution in [2.24, 2.45) is 0 Å². The molecule has 3 rings (SSSR count). The predicted molar refractivity (Wildman–Crippen MR) is 162 cm³/mol. The van der Waals surface area contributed by atoms with Crippen molar-refractivity contribution in [2.45, 2.75) is 59.0 Å². The van der Waals surface area contributed by atoms with Crippen LogP contribution in [0.3, 0.4) is 0 Å². The van der Waals surface area contributed by atoms with Gasteiger partial charge in [0.2, 0.25) is 21.8 Å². The summed E-state index contributed by atoms with van der Waals surface area (Å²) in [5.41, 5.74) is 4.26. The van der Waals surface area contributed by atoms with Gasteiger partial charge in [0.25, 0.3) is 0 Å². The molecule has 0 aliphatic heterocycles. The van der Waals surface area contributed by atoms with Crippen LogP contribution in [-0.4, -0.2) is 50.5 Å². The molecule has 0 fully saturated rings. The average molecular weight is 564 g/mol. The zero-order chi connectivity index (χ0) is 29.3. The van der Waals surface area contributed by atoms with E-state index in [1.807, 2.05) is 80.6 Å². The molecule has 0 aromatic heterocycles. The molecule has 3 aromatic rings. The van der Waals surface area contributed by atoms with E-state index < -0.39 is 28.5 Å². The Balaban J connectivity index is 2.04. The second-order valence-corrected chi connectivity index (χ2v) is 12.4. The Kier molecular flexibility index (Phi) is 10.9. The van der Waals surface area contributed by atoms with Crippen LogP contribution in [0.1, 0.15) is 55.4 Å². The lowest BCUT2D eigenvalue weighted by Crippen LogP contribution is -2.53. The topological polar surface area (TPSA) is 86.8 Å². The van der Waals surface area contributed by atoms with Crippen molar-refractivity contribution in [2.75, 3.05) is 23.7 Å². The molecule has 40 heavy (non-hydrogen) atoms. The summed E-state index contributed by atoms with van der Waals surface area (Å²) in [6, 6.07) is 23.6. The minimum atomic E-state index is -3.79. The van der Waals surface area contributed by atoms with Crippen LogP contribution in [0, 0.1) is 6.92 Å². The minimum absolute atomic E-state index is 0.173. The van der Waals surface area contributed by atoms with Crippen LogP contribution in [0.25, 0.3) is 0 Å². The number of sulfonamides is 1. The van der Waals surface area contributed by atoms with Crippen LogP contribution in [0.2, 0.25) is 0 Å². The second kappa shape index (κ2) is 14.1. The zero-order valence-corrected chi connectivity index (χ0v) is 24.9. The first-order valence-electron chi connectivity index (χ1n) is 13.7. The Morgan fingerprint density at radius 3 is 2.10 bits per heavy atom. The number of hydrogen-bond donors (Lipinski definition) is 1. The number of hydrogen-bond acceptors (Lipinski definition) is 4. The molecule has 8 heteroatoms. The molecule has 1 atom stereocenters. The van der Waals surface area contributed by atoms with Crippen molar-refractivity contribution in [3.05, 3.63) is 101 Å². The largest absolute Gasteiger partial charge is 0.354 e. The Morgan fingerprint density at radius 1 is 0.900 bits per heavy atom. The van der Waals surface area contributed by atoms with Gasteiger partial charge in [0, 0.05) is 19.5 Å². The third-order valence-electron chi connectivity index (χ3n) is 6.95. The number of nitrogens with zero attached hydrogens (tertiary/aromatic N) is 2. The molecular formula is C32H41N3O4S. The van der Waals surface area contributed by atoms with E-state index in [2.05, 4.69) is 19.2 Å². The van der Waals surface area contributed by atoms with Crippen LogP contribution >= 0.6 is 0 Å². The monoisotopic (exact) mass is 563 g/mol. The molecule has 0 aliphatic carbocycles. The summed E-state index contributed by atoms with van der Waals surface area (Å²) >= 11 is 0. The third kappa shape index (κ3) is 8.42. The fourth-order valence-electron chi connectivity index (χ4n) is 4.53. The molecule has 0 heterocycles. The Labute approximate surface area is 239 Å². The van der Waals surface area contributed by atoms with E-state index in [4.69, 9.17) is 0 Å². The summed E-state index contributed by atoms with van der Waals surface area (Å²) in [7, 11) is -3.79. The number of benzene rings is 3. The molecule has 0 bridgehead atoms. The van der Waals surface area contributed by atoms with E-state index in [0.29, 0.717) is 18.7 Å². The molecular weight excluding hydrogens is 522 g/mol. The maximum atomic E-state index is 14.1. The number of anilines is 1. The molecule has 214 valence electrons. The molecule has 1 N–H and O–H groups in total. The predicted octanol–water partition coefficient (Wildman–Crippen LogP) is 5.05. The highest BCUT2D eigenvalue weighted by Gasteiger charge is 2.33. The van der Waals surface area contributed by atoms with Gasteiger partial charge in [-0.15, -0.1) is 0 Å². The van der Waals surface area contributed by atoms with Crippen LogP contribution in [-0.2, 0) is 32.6 Å². The minimum Gasteiger partial charge on any atom is -0.354 e. The summed E-state index contributed by atoms with van der Waals surface area (Å²) in [5, 5.41) is 2.96. The maximum Gasteiger partial charge on any atom is 0.244 e. The number of nitrogens with one attached hydrogen (secondary N) is 1. The molecule has 0 radical (unpaired) electrons. The molecule has 0 aliphatic rings. The first kappa shape index (κ1) is 30.9. The smallest absolute Gasteiger partial charge is 0.244 e. The molecule has 0 unspecified atom stereocenters. The SMILES string of the molecule is CCCNC(=O)[C@H](Cc1ccccc1)N(Cc1ccccc1C)C(=O)CN(c1ccc(C(C)C)cc1)S(C)(=O)=O. The van der Waals surface area contributed by atoms with Crippen molar-refractivity contribution in [1.29, 1.82) is 0 Å². The van der Waals surface area contributed by atoms with Crippen molar-refractivity contribution in [3.63, 3.8) is 0 Å². The van der Waals surface area contributed by atoms with E-state index in [-0.39, 0.29) is 18.4 Å². The van der Waals surface area contributed by atoms with Crippen LogP contribution in [0.5, 0.6) is 0 Å². The van der Waals surface area contributed by atoms with Gasteiger partial charge in [0.05, 0.1) is 11.9 Å². The van der Waals surface area contributed by atoms with Gasteiger partial charge in [-0.3, -0.25) is 13.9 Å². The number of rotatable bonds is 13. The van der Waals surface area contributed by atoms with E-state index in [9.17, 15) is 18.0 Å². The average Bonchev–Trinajstić information content (AvgIpc) is 2.93. The van der Waals surface area contributed by atoms with Gasteiger partial charge in [-0.05, 0) is 53.6 Å². The van der Waals surface area contributed by atoms with E-state index in [1.54, 1.807) is 12.1 Å². The highest BCUT2D eigenvalue weighted by atomic mass is 32.2. The fourth-order valence-corrected chi connectivity index (χ4v) is 5.38. The van der Waals surface area contributed by atoms with E-state index in [1.165, 1.54) is 4.90 Å². The van der Waals surface area contributed by atoms with Gasteiger partial charge in [-0.1, -0.05) is 87.5 Å². The van der Waals surface area contributed by atoms with Gasteiger partial charge in [0.15, 0.2) is 0 Å². The van der Waals surface area contributed by atoms with Crippen molar-refractivity contribution in [1.82, 2.24) is 10.2 Å². The number of carbonyl (C=O) groups is 2. The fraction of sp³-hybridized carbons (Fsp3) is 0.375. The summed E-state index contributed by atoms with van der Waals surface area (Å²) in [4.78, 5) is 29.2. The standard InChI is InChI=1S/C32H41N3O4S/c1-6-20-33-32(37)30(21-26-13-8-7-9-14-26)34(22-28-15-11-10-12-25(28)4)31(36)23-35(40(5,38)39)29-18-16-27(17-19-29)24(2)3/h7-19,24,30H,6,20-23H2,1-5H3,(H,33,37)/t30-/m0/s1. The normalized spacial score (nSPS) is 12.2. The molecule has 7 nitrogen and oxygen atoms in total. The third-order valence-corrected chi connectivity index (χ3v) is 8.09. The highest BCUT2D eigenvalue weighted by molar-refractivity contribution is 7.92. The summed E-state index contributed by atoms with van der Waals surface area (Å²) < 4.78 is 27.0. The second-order valence-electron chi connectivity index (χ2n) is 10.5. The van der Waals surface area contributed by atoms with Gasteiger partial charge in [0.1, 0.15) is 12.6 Å². The number of amides is 2. The first-order chi connectivity index (χ1) is 19.0. The van der Waals surface area contributed by atoms with E-state index in [0.717, 1.165) is 39.2 Å². The van der Waals surface area contributed by atoms with Crippen molar-refractivity contribution in [3.8, 4) is 0 Å². The van der Waals surface area contributed by atoms with Gasteiger partial charge < -0.3 is 10.2 Å². The zero-order valence-electron chi connectivity index (χ0n) is 24.1. The lowest BCUT2D eigenvalue weighted by atomic mass is 10.0. The lowest BCUT2D eigenvalue weighted by molar-refractivity contribution is -0.140. The summed E-state index contributed by atoms with van der Waals surface area (Å²) in [6.45, 7) is 8.29. The van der Waals surface area contributed by atoms with Crippen molar-refractivity contribution < 1.29 is 18.0 Å². The quantitative estimate of drug-likeness (QED) is 0.315. The Hall–Kier alpha value is -3.65. The Bertz CT molecular complexity index is 1370. The van der Waals surface area contributed by atoms with Gasteiger partial charge in [-0.2, -0.15) is 0 Å². The van der Waals surface area contributed by atoms with Crippen LogP contribution in [0.4, 0.5) is 5.69 Å². The molecule has 0 saturated carbocycles. The molecule has 3 aromatic carbocycles. The summed E-state index contributed by atoms with van der Waals surface area (Å²) in [6.07, 6.45) is 2.15. The maximum absolute atomic E-state index is 14.1. The van der Waals surface area contributed by atoms with Crippen LogP contribution < -0.4 is 9.62 Å². The van der Waals surface area contributed by atoms with Gasteiger partial charge >= 0.3 is 0 Å². The highest BCUT2D eigenvalue weighted by Crippen LogP contribution is 2.23. The van der Waals surface area contributed by atoms with Crippen molar-refractivity contribution >= 4 is 27.5 Å². The molecule has 0 spiro atoms. The number of aryl methyl sites for hydroxylation is 1. The van der Waals surface area contributed by atoms with Crippen LogP contribution in [0.15, 0.2) is 78.9 Å². The molecule has 2 amide bonds. The number of carbonyl (C=O) groups excluding carboxylic acids is 2. The van der Waals surface area contributed by atoms with E-state index >= 15 is 0 Å². The van der Waals surface area contributed by atoms with Gasteiger partial charge in [-0.25, -0.2) is 8.42 Å². The molecule has 0 saturated heterocycles. The summed E-state index contributed by atoms with van der Waals surface area (Å²) in [5.74, 6) is -0.429. The first-order valence-corrected chi connectivity index (χ1v) is 15.6. The lowest BCUT2D eigenvalue weighted by Gasteiger charge is -2.34.